The summed E-state index contributed by atoms with van der Waals surface area (Å²) in [6, 6.07) is 0.477. The van der Waals surface area contributed by atoms with Crippen LogP contribution in [0.4, 0.5) is 0 Å². The molecular weight excluding hydrogens is 196 g/mol. The van der Waals surface area contributed by atoms with Gasteiger partial charge in [0, 0.05) is 19.2 Å². The van der Waals surface area contributed by atoms with Crippen LogP contribution < -0.4 is 5.73 Å². The Balaban J connectivity index is 3.68. The topological polar surface area (TPSA) is 49.5 Å². The van der Waals surface area contributed by atoms with Gasteiger partial charge in [0.2, 0.25) is 0 Å². The van der Waals surface area contributed by atoms with Gasteiger partial charge in [-0.1, -0.05) is 12.2 Å². The molecule has 0 aromatic heterocycles. The number of hydrogen-bond acceptors (Lipinski definition) is 3. The molecule has 3 N–H and O–H groups in total. The summed E-state index contributed by atoms with van der Waals surface area (Å²) < 4.78 is 0. The summed E-state index contributed by atoms with van der Waals surface area (Å²) in [6.07, 6.45) is 3.05. The minimum Gasteiger partial charge on any atom is -0.396 e. The van der Waals surface area contributed by atoms with Crippen molar-refractivity contribution in [2.75, 3.05) is 19.7 Å². The molecule has 0 aromatic rings. The van der Waals surface area contributed by atoms with Crippen molar-refractivity contribution in [2.45, 2.75) is 39.2 Å². The fraction of sp³-hybridized carbons (Fsp3) is 0.900. The van der Waals surface area contributed by atoms with Crippen molar-refractivity contribution in [1.82, 2.24) is 4.90 Å². The molecule has 84 valence electrons. The van der Waals surface area contributed by atoms with Gasteiger partial charge < -0.3 is 10.8 Å². The van der Waals surface area contributed by atoms with Crippen LogP contribution >= 0.6 is 12.2 Å². The van der Waals surface area contributed by atoms with Gasteiger partial charge in [0.05, 0.1) is 4.99 Å². The third-order valence-electron chi connectivity index (χ3n) is 2.19. The Morgan fingerprint density at radius 3 is 2.43 bits per heavy atom. The lowest BCUT2D eigenvalue weighted by molar-refractivity contribution is 0.239. The molecular formula is C10H22N2OS. The van der Waals surface area contributed by atoms with Crippen LogP contribution in [-0.4, -0.2) is 40.7 Å². The fourth-order valence-corrected chi connectivity index (χ4v) is 1.49. The number of nitrogens with zero attached hydrogens (tertiary/aromatic N) is 1. The maximum absolute atomic E-state index is 8.63. The molecule has 0 amide bonds. The highest BCUT2D eigenvalue weighted by Gasteiger charge is 2.09. The van der Waals surface area contributed by atoms with Crippen molar-refractivity contribution < 1.29 is 5.11 Å². The average molecular weight is 218 g/mol. The predicted molar refractivity (Wildman–Crippen MR) is 64.4 cm³/mol. The maximum Gasteiger partial charge on any atom is 0.0870 e. The Morgan fingerprint density at radius 1 is 1.36 bits per heavy atom. The number of nitrogens with two attached hydrogens (primary N) is 1. The third-order valence-corrected chi connectivity index (χ3v) is 2.32. The largest absolute Gasteiger partial charge is 0.396 e. The number of aliphatic hydroxyl groups excluding tert-OH is 1. The number of rotatable bonds is 8. The Kier molecular flexibility index (Phi) is 8.04. The molecule has 0 rings (SSSR count). The molecule has 0 fully saturated rings. The summed E-state index contributed by atoms with van der Waals surface area (Å²) in [5, 5.41) is 8.63. The summed E-state index contributed by atoms with van der Waals surface area (Å²) in [5.74, 6) is 0. The third kappa shape index (κ3) is 7.24. The molecule has 3 nitrogen and oxygen atoms in total. The monoisotopic (exact) mass is 218 g/mol. The first kappa shape index (κ1) is 13.8. The lowest BCUT2D eigenvalue weighted by Crippen LogP contribution is -2.38. The van der Waals surface area contributed by atoms with E-state index in [-0.39, 0.29) is 6.61 Å². The van der Waals surface area contributed by atoms with Crippen LogP contribution in [0.5, 0.6) is 0 Å². The van der Waals surface area contributed by atoms with Gasteiger partial charge >= 0.3 is 0 Å². The van der Waals surface area contributed by atoms with Gasteiger partial charge in [-0.25, -0.2) is 0 Å². The van der Waals surface area contributed by atoms with Crippen molar-refractivity contribution in [3.8, 4) is 0 Å². The van der Waals surface area contributed by atoms with Crippen LogP contribution in [0.3, 0.4) is 0 Å². The molecule has 0 aromatic carbocycles. The van der Waals surface area contributed by atoms with Crippen molar-refractivity contribution in [1.29, 1.82) is 0 Å². The Labute approximate surface area is 92.3 Å². The molecule has 0 aliphatic carbocycles. The molecule has 0 bridgehead atoms. The van der Waals surface area contributed by atoms with Crippen LogP contribution in [-0.2, 0) is 0 Å². The first-order valence-corrected chi connectivity index (χ1v) is 5.62. The number of unbranched alkanes of at least 4 members (excludes halogenated alkanes) is 2. The van der Waals surface area contributed by atoms with Gasteiger partial charge in [0.15, 0.2) is 0 Å². The van der Waals surface area contributed by atoms with E-state index in [1.807, 2.05) is 0 Å². The predicted octanol–water partition coefficient (Wildman–Crippen LogP) is 1.15. The average Bonchev–Trinajstić information content (AvgIpc) is 2.09. The highest BCUT2D eigenvalue weighted by atomic mass is 32.1. The molecule has 0 spiro atoms. The lowest BCUT2D eigenvalue weighted by atomic mass is 10.2. The number of thiocarbonyl (C=S) groups is 1. The first-order valence-electron chi connectivity index (χ1n) is 5.21. The van der Waals surface area contributed by atoms with E-state index >= 15 is 0 Å². The fourth-order valence-electron chi connectivity index (χ4n) is 1.32. The van der Waals surface area contributed by atoms with Gasteiger partial charge in [0.1, 0.15) is 0 Å². The van der Waals surface area contributed by atoms with E-state index in [0.717, 1.165) is 25.8 Å². The van der Waals surface area contributed by atoms with E-state index in [1.165, 1.54) is 0 Å². The quantitative estimate of drug-likeness (QED) is 0.474. The highest BCUT2D eigenvalue weighted by molar-refractivity contribution is 7.80. The van der Waals surface area contributed by atoms with Crippen molar-refractivity contribution in [2.24, 2.45) is 5.73 Å². The highest BCUT2D eigenvalue weighted by Crippen LogP contribution is 2.02. The molecule has 0 aliphatic heterocycles. The molecule has 4 heteroatoms. The second-order valence-corrected chi connectivity index (χ2v) is 4.34. The summed E-state index contributed by atoms with van der Waals surface area (Å²) in [4.78, 5) is 2.82. The second kappa shape index (κ2) is 8.15. The lowest BCUT2D eigenvalue weighted by Gasteiger charge is -2.25. The first-order chi connectivity index (χ1) is 6.57. The zero-order valence-corrected chi connectivity index (χ0v) is 10.0. The standard InChI is InChI=1S/C10H22N2OS/c1-9(2)12(8-10(11)14)6-4-3-5-7-13/h9,13H,3-8H2,1-2H3,(H2,11,14). The molecule has 0 aliphatic rings. The van der Waals surface area contributed by atoms with Crippen molar-refractivity contribution in [3.05, 3.63) is 0 Å². The molecule has 0 saturated heterocycles. The van der Waals surface area contributed by atoms with E-state index in [2.05, 4.69) is 18.7 Å². The minimum absolute atomic E-state index is 0.289. The zero-order valence-electron chi connectivity index (χ0n) is 9.20. The molecule has 0 unspecified atom stereocenters. The smallest absolute Gasteiger partial charge is 0.0870 e. The van der Waals surface area contributed by atoms with Gasteiger partial charge in [-0.05, 0) is 39.7 Å². The van der Waals surface area contributed by atoms with Crippen LogP contribution in [0.1, 0.15) is 33.1 Å². The molecule has 0 heterocycles. The summed E-state index contributed by atoms with van der Waals surface area (Å²) >= 11 is 4.89. The zero-order chi connectivity index (χ0) is 11.0. The van der Waals surface area contributed by atoms with Gasteiger partial charge in [-0.15, -0.1) is 0 Å². The minimum atomic E-state index is 0.289. The molecule has 0 radical (unpaired) electrons. The Hall–Kier alpha value is -0.190. The van der Waals surface area contributed by atoms with Crippen LogP contribution in [0, 0.1) is 0 Å². The SMILES string of the molecule is CC(C)N(CCCCCO)CC(N)=S. The maximum atomic E-state index is 8.63. The molecule has 0 atom stereocenters. The Bertz CT molecular complexity index is 162. The van der Waals surface area contributed by atoms with E-state index in [4.69, 9.17) is 23.1 Å². The Morgan fingerprint density at radius 2 is 2.00 bits per heavy atom. The normalized spacial score (nSPS) is 11.2. The van der Waals surface area contributed by atoms with Crippen LogP contribution in [0.15, 0.2) is 0 Å². The molecule has 14 heavy (non-hydrogen) atoms. The van der Waals surface area contributed by atoms with E-state index < -0.39 is 0 Å². The number of hydrogen-bond donors (Lipinski definition) is 2. The van der Waals surface area contributed by atoms with Crippen molar-refractivity contribution >= 4 is 17.2 Å². The van der Waals surface area contributed by atoms with Crippen LogP contribution in [0.2, 0.25) is 0 Å². The van der Waals surface area contributed by atoms with Gasteiger partial charge in [-0.3, -0.25) is 4.90 Å². The van der Waals surface area contributed by atoms with E-state index in [9.17, 15) is 0 Å². The van der Waals surface area contributed by atoms with Crippen LogP contribution in [0.25, 0.3) is 0 Å². The van der Waals surface area contributed by atoms with Gasteiger partial charge in [0.25, 0.3) is 0 Å². The van der Waals surface area contributed by atoms with E-state index in [0.29, 0.717) is 17.6 Å². The van der Waals surface area contributed by atoms with E-state index in [1.54, 1.807) is 0 Å². The summed E-state index contributed by atoms with van der Waals surface area (Å²) in [5.41, 5.74) is 5.51. The van der Waals surface area contributed by atoms with Gasteiger partial charge in [-0.2, -0.15) is 0 Å². The molecule has 0 saturated carbocycles. The summed E-state index contributed by atoms with van der Waals surface area (Å²) in [7, 11) is 0. The second-order valence-electron chi connectivity index (χ2n) is 3.81. The van der Waals surface area contributed by atoms with Crippen molar-refractivity contribution in [3.63, 3.8) is 0 Å². The number of aliphatic hydroxyl groups is 1. The summed E-state index contributed by atoms with van der Waals surface area (Å²) in [6.45, 7) is 6.28.